The highest BCUT2D eigenvalue weighted by Gasteiger charge is 2.36. The topological polar surface area (TPSA) is 88.6 Å². The fourth-order valence-electron chi connectivity index (χ4n) is 4.14. The van der Waals surface area contributed by atoms with Crippen molar-refractivity contribution >= 4 is 29.2 Å². The van der Waals surface area contributed by atoms with Crippen molar-refractivity contribution in [1.29, 1.82) is 0 Å². The Morgan fingerprint density at radius 2 is 1.76 bits per heavy atom. The molecule has 0 saturated carbocycles. The Kier molecular flexibility index (Phi) is 6.72. The van der Waals surface area contributed by atoms with Crippen molar-refractivity contribution in [3.63, 3.8) is 0 Å². The summed E-state index contributed by atoms with van der Waals surface area (Å²) >= 11 is 0. The molecule has 174 valence electrons. The van der Waals surface area contributed by atoms with Crippen molar-refractivity contribution in [2.75, 3.05) is 16.8 Å². The third-order valence-electron chi connectivity index (χ3n) is 5.89. The normalized spacial score (nSPS) is 14.8. The molecule has 2 heterocycles. The van der Waals surface area contributed by atoms with E-state index in [2.05, 4.69) is 10.3 Å². The van der Waals surface area contributed by atoms with Gasteiger partial charge in [-0.3, -0.25) is 14.5 Å². The number of carbonyl (C=O) groups is 3. The minimum atomic E-state index is -0.699. The fraction of sp³-hybridized carbons (Fsp3) is 0.259. The number of pyridine rings is 1. The number of esters is 1. The Labute approximate surface area is 198 Å². The monoisotopic (exact) mass is 457 g/mol. The van der Waals surface area contributed by atoms with Crippen LogP contribution in [-0.2, 0) is 16.0 Å². The number of rotatable bonds is 5. The van der Waals surface area contributed by atoms with E-state index in [0.717, 1.165) is 11.1 Å². The van der Waals surface area contributed by atoms with E-state index in [1.54, 1.807) is 19.9 Å². The SMILES string of the molecule is CCOC(=O)c1ccc(C(=O)N2c3ccccc3CCC2C(=O)Nc2ccc(C)cc2)nc1C. The van der Waals surface area contributed by atoms with E-state index in [-0.39, 0.29) is 18.2 Å². The van der Waals surface area contributed by atoms with Gasteiger partial charge in [-0.1, -0.05) is 35.9 Å². The first-order chi connectivity index (χ1) is 16.4. The van der Waals surface area contributed by atoms with Crippen LogP contribution in [0, 0.1) is 13.8 Å². The van der Waals surface area contributed by atoms with Gasteiger partial charge in [-0.25, -0.2) is 9.78 Å². The van der Waals surface area contributed by atoms with Crippen LogP contribution in [0.15, 0.2) is 60.7 Å². The summed E-state index contributed by atoms with van der Waals surface area (Å²) < 4.78 is 5.06. The van der Waals surface area contributed by atoms with E-state index in [1.807, 2.05) is 55.5 Å². The molecule has 0 saturated heterocycles. The van der Waals surface area contributed by atoms with Gasteiger partial charge in [0.15, 0.2) is 0 Å². The Morgan fingerprint density at radius 1 is 1.03 bits per heavy atom. The smallest absolute Gasteiger partial charge is 0.339 e. The first-order valence-electron chi connectivity index (χ1n) is 11.3. The molecule has 0 spiro atoms. The molecular formula is C27H27N3O4. The van der Waals surface area contributed by atoms with Gasteiger partial charge in [-0.05, 0) is 69.5 Å². The van der Waals surface area contributed by atoms with Crippen LogP contribution in [0.2, 0.25) is 0 Å². The van der Waals surface area contributed by atoms with E-state index in [0.29, 0.717) is 35.5 Å². The minimum absolute atomic E-state index is 0.162. The van der Waals surface area contributed by atoms with Crippen LogP contribution in [-0.4, -0.2) is 35.4 Å². The van der Waals surface area contributed by atoms with Crippen LogP contribution in [0.4, 0.5) is 11.4 Å². The lowest BCUT2D eigenvalue weighted by atomic mass is 9.94. The largest absolute Gasteiger partial charge is 0.462 e. The van der Waals surface area contributed by atoms with Crippen molar-refractivity contribution in [3.05, 3.63) is 88.7 Å². The summed E-state index contributed by atoms with van der Waals surface area (Å²) in [4.78, 5) is 45.1. The van der Waals surface area contributed by atoms with Gasteiger partial charge in [-0.2, -0.15) is 0 Å². The highest BCUT2D eigenvalue weighted by atomic mass is 16.5. The summed E-state index contributed by atoms with van der Waals surface area (Å²) in [5.74, 6) is -1.13. The second-order valence-electron chi connectivity index (χ2n) is 8.26. The molecule has 1 atom stereocenters. The molecule has 1 N–H and O–H groups in total. The molecular weight excluding hydrogens is 430 g/mol. The van der Waals surface area contributed by atoms with E-state index >= 15 is 0 Å². The summed E-state index contributed by atoms with van der Waals surface area (Å²) in [6.07, 6.45) is 1.17. The van der Waals surface area contributed by atoms with Crippen LogP contribution in [0.3, 0.4) is 0 Å². The average molecular weight is 458 g/mol. The number of nitrogens with one attached hydrogen (secondary N) is 1. The van der Waals surface area contributed by atoms with Gasteiger partial charge < -0.3 is 10.1 Å². The number of carbonyl (C=O) groups excluding carboxylic acids is 3. The molecule has 3 aromatic rings. The third kappa shape index (κ3) is 4.69. The van der Waals surface area contributed by atoms with Gasteiger partial charge in [0.2, 0.25) is 5.91 Å². The number of para-hydroxylation sites is 1. The molecule has 1 aromatic heterocycles. The first kappa shape index (κ1) is 23.2. The number of ether oxygens (including phenoxy) is 1. The van der Waals surface area contributed by atoms with E-state index in [4.69, 9.17) is 4.74 Å². The number of aryl methyl sites for hydroxylation is 3. The van der Waals surface area contributed by atoms with Crippen molar-refractivity contribution in [2.45, 2.75) is 39.7 Å². The van der Waals surface area contributed by atoms with E-state index in [1.165, 1.54) is 11.0 Å². The van der Waals surface area contributed by atoms with Gasteiger partial charge in [0, 0.05) is 11.4 Å². The molecule has 2 aromatic carbocycles. The molecule has 7 heteroatoms. The Bertz CT molecular complexity index is 1240. The Balaban J connectivity index is 1.67. The van der Waals surface area contributed by atoms with Gasteiger partial charge in [-0.15, -0.1) is 0 Å². The van der Waals surface area contributed by atoms with Crippen LogP contribution < -0.4 is 10.2 Å². The van der Waals surface area contributed by atoms with Gasteiger partial charge in [0.05, 0.1) is 17.9 Å². The van der Waals surface area contributed by atoms with Crippen molar-refractivity contribution in [3.8, 4) is 0 Å². The molecule has 0 aliphatic carbocycles. The van der Waals surface area contributed by atoms with E-state index < -0.39 is 17.9 Å². The maximum absolute atomic E-state index is 13.7. The molecule has 1 unspecified atom stereocenters. The van der Waals surface area contributed by atoms with Crippen molar-refractivity contribution in [2.24, 2.45) is 0 Å². The summed E-state index contributed by atoms with van der Waals surface area (Å²) in [6.45, 7) is 5.62. The summed E-state index contributed by atoms with van der Waals surface area (Å²) in [5, 5.41) is 2.94. The molecule has 2 amide bonds. The number of hydrogen-bond acceptors (Lipinski definition) is 5. The number of anilines is 2. The average Bonchev–Trinajstić information content (AvgIpc) is 2.84. The zero-order chi connectivity index (χ0) is 24.2. The fourth-order valence-corrected chi connectivity index (χ4v) is 4.14. The highest BCUT2D eigenvalue weighted by molar-refractivity contribution is 6.11. The van der Waals surface area contributed by atoms with Crippen molar-refractivity contribution < 1.29 is 19.1 Å². The standard InChI is InChI=1S/C27H27N3O4/c1-4-34-27(33)21-14-15-22(28-18(21)3)26(32)30-23-8-6-5-7-19(23)11-16-24(30)25(31)29-20-12-9-17(2)10-13-20/h5-10,12-15,24H,4,11,16H2,1-3H3,(H,29,31). The molecule has 1 aliphatic heterocycles. The molecule has 1 aliphatic rings. The Hall–Kier alpha value is -4.00. The number of amides is 2. The van der Waals surface area contributed by atoms with Gasteiger partial charge >= 0.3 is 5.97 Å². The molecule has 7 nitrogen and oxygen atoms in total. The Morgan fingerprint density at radius 3 is 2.47 bits per heavy atom. The number of fused-ring (bicyclic) bond motifs is 1. The quantitative estimate of drug-likeness (QED) is 0.571. The molecule has 0 fully saturated rings. The second-order valence-corrected chi connectivity index (χ2v) is 8.26. The lowest BCUT2D eigenvalue weighted by Gasteiger charge is -2.36. The number of aromatic nitrogens is 1. The maximum Gasteiger partial charge on any atom is 0.339 e. The molecule has 0 bridgehead atoms. The second kappa shape index (κ2) is 9.87. The predicted octanol–water partition coefficient (Wildman–Crippen LogP) is 4.48. The number of nitrogens with zero attached hydrogens (tertiary/aromatic N) is 2. The van der Waals surface area contributed by atoms with E-state index in [9.17, 15) is 14.4 Å². The number of benzene rings is 2. The molecule has 0 radical (unpaired) electrons. The predicted molar refractivity (Wildman–Crippen MR) is 130 cm³/mol. The third-order valence-corrected chi connectivity index (χ3v) is 5.89. The van der Waals surface area contributed by atoms with Crippen LogP contribution >= 0.6 is 0 Å². The minimum Gasteiger partial charge on any atom is -0.462 e. The molecule has 4 rings (SSSR count). The highest BCUT2D eigenvalue weighted by Crippen LogP contribution is 2.32. The van der Waals surface area contributed by atoms with Gasteiger partial charge in [0.1, 0.15) is 11.7 Å². The first-order valence-corrected chi connectivity index (χ1v) is 11.3. The van der Waals surface area contributed by atoms with Gasteiger partial charge in [0.25, 0.3) is 5.91 Å². The summed E-state index contributed by atoms with van der Waals surface area (Å²) in [7, 11) is 0. The zero-order valence-electron chi connectivity index (χ0n) is 19.5. The van der Waals surface area contributed by atoms with Crippen LogP contribution in [0.25, 0.3) is 0 Å². The summed E-state index contributed by atoms with van der Waals surface area (Å²) in [5.41, 5.74) is 4.33. The van der Waals surface area contributed by atoms with Crippen molar-refractivity contribution in [1.82, 2.24) is 4.98 Å². The number of hydrogen-bond donors (Lipinski definition) is 1. The van der Waals surface area contributed by atoms with Crippen LogP contribution in [0.5, 0.6) is 0 Å². The lowest BCUT2D eigenvalue weighted by molar-refractivity contribution is -0.117. The summed E-state index contributed by atoms with van der Waals surface area (Å²) in [6, 6.07) is 17.5. The maximum atomic E-state index is 13.7. The zero-order valence-corrected chi connectivity index (χ0v) is 19.5. The van der Waals surface area contributed by atoms with Crippen LogP contribution in [0.1, 0.15) is 51.0 Å². The lowest BCUT2D eigenvalue weighted by Crippen LogP contribution is -2.50. The molecule has 34 heavy (non-hydrogen) atoms.